The van der Waals surface area contributed by atoms with Crippen molar-refractivity contribution in [2.24, 2.45) is 0 Å². The summed E-state index contributed by atoms with van der Waals surface area (Å²) in [5.41, 5.74) is -2.53. The number of nitrogens with one attached hydrogen (secondary N) is 1. The smallest absolute Gasteiger partial charge is 0.338 e. The monoisotopic (exact) mass is 343 g/mol. The number of hydrogen-bond donors (Lipinski definition) is 7. The van der Waals surface area contributed by atoms with E-state index >= 15 is 0 Å². The molecular formula is C14H17NO9. The number of carboxylic acids is 3. The molecule has 0 heterocycles. The first kappa shape index (κ1) is 19.2. The van der Waals surface area contributed by atoms with Gasteiger partial charge >= 0.3 is 17.9 Å². The van der Waals surface area contributed by atoms with Gasteiger partial charge in [-0.2, -0.15) is 0 Å². The van der Waals surface area contributed by atoms with Crippen LogP contribution in [0.1, 0.15) is 12.0 Å². The van der Waals surface area contributed by atoms with E-state index in [-0.39, 0.29) is 24.5 Å². The number of aromatic hydroxyl groups is 2. The fourth-order valence-corrected chi connectivity index (χ4v) is 2.08. The van der Waals surface area contributed by atoms with Gasteiger partial charge in [-0.15, -0.1) is 0 Å². The third-order valence-corrected chi connectivity index (χ3v) is 3.32. The summed E-state index contributed by atoms with van der Waals surface area (Å²) in [5.74, 6) is -6.09. The number of rotatable bonds is 9. The summed E-state index contributed by atoms with van der Waals surface area (Å²) >= 11 is 0. The van der Waals surface area contributed by atoms with Crippen molar-refractivity contribution in [2.75, 3.05) is 6.54 Å². The van der Waals surface area contributed by atoms with E-state index in [0.717, 1.165) is 0 Å². The Labute approximate surface area is 135 Å². The Morgan fingerprint density at radius 3 is 2.17 bits per heavy atom. The van der Waals surface area contributed by atoms with Crippen molar-refractivity contribution < 1.29 is 45.0 Å². The lowest BCUT2D eigenvalue weighted by atomic mass is 9.90. The van der Waals surface area contributed by atoms with Crippen molar-refractivity contribution in [2.45, 2.75) is 24.5 Å². The zero-order chi connectivity index (χ0) is 18.5. The minimum Gasteiger partial charge on any atom is -0.504 e. The summed E-state index contributed by atoms with van der Waals surface area (Å²) in [6, 6.07) is 1.84. The SMILES string of the molecule is O=C(O)CC(O)(C(=O)O)C(NCCc1ccc(O)c(O)c1)C(=O)O. The van der Waals surface area contributed by atoms with Crippen LogP contribution < -0.4 is 5.32 Å². The van der Waals surface area contributed by atoms with Crippen LogP contribution in [0.25, 0.3) is 0 Å². The van der Waals surface area contributed by atoms with Crippen molar-refractivity contribution >= 4 is 17.9 Å². The molecule has 24 heavy (non-hydrogen) atoms. The summed E-state index contributed by atoms with van der Waals surface area (Å²) < 4.78 is 0. The van der Waals surface area contributed by atoms with Gasteiger partial charge < -0.3 is 36.0 Å². The fourth-order valence-electron chi connectivity index (χ4n) is 2.08. The Hall–Kier alpha value is -2.85. The maximum atomic E-state index is 11.2. The van der Waals surface area contributed by atoms with Crippen LogP contribution in [0.5, 0.6) is 11.5 Å². The molecule has 7 N–H and O–H groups in total. The van der Waals surface area contributed by atoms with E-state index < -0.39 is 36.0 Å². The van der Waals surface area contributed by atoms with Crippen LogP contribution >= 0.6 is 0 Å². The molecule has 2 atom stereocenters. The van der Waals surface area contributed by atoms with Gasteiger partial charge in [-0.05, 0) is 24.1 Å². The Morgan fingerprint density at radius 1 is 1.08 bits per heavy atom. The minimum atomic E-state index is -3.03. The lowest BCUT2D eigenvalue weighted by Gasteiger charge is -2.29. The van der Waals surface area contributed by atoms with Crippen molar-refractivity contribution in [3.05, 3.63) is 23.8 Å². The number of carbonyl (C=O) groups is 3. The first-order valence-corrected chi connectivity index (χ1v) is 6.72. The molecule has 0 bridgehead atoms. The first-order valence-electron chi connectivity index (χ1n) is 6.72. The quantitative estimate of drug-likeness (QED) is 0.273. The second-order valence-corrected chi connectivity index (χ2v) is 5.10. The number of benzene rings is 1. The molecule has 0 saturated carbocycles. The highest BCUT2D eigenvalue weighted by Gasteiger charge is 2.50. The van der Waals surface area contributed by atoms with Gasteiger partial charge in [-0.3, -0.25) is 9.59 Å². The highest BCUT2D eigenvalue weighted by Crippen LogP contribution is 2.25. The Kier molecular flexibility index (Phi) is 6.09. The maximum Gasteiger partial charge on any atom is 0.338 e. The summed E-state index contributed by atoms with van der Waals surface area (Å²) in [6.45, 7) is -0.129. The second-order valence-electron chi connectivity index (χ2n) is 5.10. The maximum absolute atomic E-state index is 11.2. The largest absolute Gasteiger partial charge is 0.504 e. The number of hydrogen-bond acceptors (Lipinski definition) is 7. The van der Waals surface area contributed by atoms with E-state index in [4.69, 9.17) is 15.3 Å². The van der Waals surface area contributed by atoms with Gasteiger partial charge in [0.2, 0.25) is 0 Å². The normalized spacial score (nSPS) is 14.5. The fraction of sp³-hybridized carbons (Fsp3) is 0.357. The van der Waals surface area contributed by atoms with Crippen LogP contribution in [0.15, 0.2) is 18.2 Å². The summed E-state index contributed by atoms with van der Waals surface area (Å²) in [5, 5.41) is 57.6. The summed E-state index contributed by atoms with van der Waals surface area (Å²) in [6.07, 6.45) is -1.17. The second kappa shape index (κ2) is 7.62. The van der Waals surface area contributed by atoms with Gasteiger partial charge in [0.05, 0.1) is 6.42 Å². The molecule has 0 radical (unpaired) electrons. The average molecular weight is 343 g/mol. The molecule has 10 heteroatoms. The van der Waals surface area contributed by atoms with Crippen LogP contribution in [0.4, 0.5) is 0 Å². The predicted molar refractivity (Wildman–Crippen MR) is 77.7 cm³/mol. The highest BCUT2D eigenvalue weighted by atomic mass is 16.4. The highest BCUT2D eigenvalue weighted by molar-refractivity contribution is 5.91. The molecular weight excluding hydrogens is 326 g/mol. The van der Waals surface area contributed by atoms with Gasteiger partial charge in [-0.25, -0.2) is 4.79 Å². The van der Waals surface area contributed by atoms with Crippen LogP contribution in [0, 0.1) is 0 Å². The number of phenolic OH excluding ortho intramolecular Hbond substituents is 2. The Bertz CT molecular complexity index is 645. The van der Waals surface area contributed by atoms with E-state index in [1.807, 2.05) is 0 Å². The molecule has 0 aromatic heterocycles. The molecule has 0 aliphatic heterocycles. The van der Waals surface area contributed by atoms with Crippen molar-refractivity contribution in [3.63, 3.8) is 0 Å². The van der Waals surface area contributed by atoms with Crippen molar-refractivity contribution in [1.29, 1.82) is 0 Å². The number of aliphatic carboxylic acids is 3. The first-order chi connectivity index (χ1) is 11.1. The molecule has 10 nitrogen and oxygen atoms in total. The predicted octanol–water partition coefficient (Wildman–Crippen LogP) is -1.03. The molecule has 0 aliphatic rings. The van der Waals surface area contributed by atoms with Gasteiger partial charge in [-0.1, -0.05) is 6.07 Å². The molecule has 2 unspecified atom stereocenters. The van der Waals surface area contributed by atoms with Crippen LogP contribution in [0.3, 0.4) is 0 Å². The molecule has 1 aromatic carbocycles. The topological polar surface area (TPSA) is 185 Å². The van der Waals surface area contributed by atoms with Gasteiger partial charge in [0, 0.05) is 6.54 Å². The van der Waals surface area contributed by atoms with Crippen LogP contribution in [0.2, 0.25) is 0 Å². The minimum absolute atomic E-state index is 0.125. The van der Waals surface area contributed by atoms with E-state index in [1.165, 1.54) is 18.2 Å². The molecule has 0 saturated heterocycles. The van der Waals surface area contributed by atoms with Crippen molar-refractivity contribution in [3.8, 4) is 11.5 Å². The molecule has 0 fully saturated rings. The zero-order valence-electron chi connectivity index (χ0n) is 12.3. The average Bonchev–Trinajstić information content (AvgIpc) is 2.45. The van der Waals surface area contributed by atoms with Gasteiger partial charge in [0.15, 0.2) is 17.1 Å². The van der Waals surface area contributed by atoms with E-state index in [0.29, 0.717) is 5.56 Å². The number of aliphatic hydroxyl groups is 1. The Balaban J connectivity index is 2.85. The number of carboxylic acid groups (broad SMARTS) is 3. The molecule has 132 valence electrons. The van der Waals surface area contributed by atoms with Crippen LogP contribution in [-0.2, 0) is 20.8 Å². The standard InChI is InChI=1S/C14H17NO9/c16-8-2-1-7(5-9(8)17)3-4-15-11(12(20)21)14(24,13(22)23)6-10(18)19/h1-2,5,11,15-17,24H,3-4,6H2,(H,18,19)(H,20,21)(H,22,23). The molecule has 1 aromatic rings. The third-order valence-electron chi connectivity index (χ3n) is 3.32. The lowest BCUT2D eigenvalue weighted by Crippen LogP contribution is -2.61. The molecule has 0 amide bonds. The zero-order valence-corrected chi connectivity index (χ0v) is 12.3. The van der Waals surface area contributed by atoms with Crippen LogP contribution in [-0.4, -0.2) is 66.7 Å². The van der Waals surface area contributed by atoms with Gasteiger partial charge in [0.1, 0.15) is 6.04 Å². The van der Waals surface area contributed by atoms with E-state index in [2.05, 4.69) is 5.32 Å². The Morgan fingerprint density at radius 2 is 1.71 bits per heavy atom. The summed E-state index contributed by atoms with van der Waals surface area (Å²) in [4.78, 5) is 33.1. The third kappa shape index (κ3) is 4.57. The lowest BCUT2D eigenvalue weighted by molar-refractivity contribution is -0.174. The molecule has 0 aliphatic carbocycles. The van der Waals surface area contributed by atoms with E-state index in [1.54, 1.807) is 0 Å². The van der Waals surface area contributed by atoms with E-state index in [9.17, 15) is 29.7 Å². The molecule has 1 rings (SSSR count). The number of phenols is 2. The van der Waals surface area contributed by atoms with Gasteiger partial charge in [0.25, 0.3) is 0 Å². The molecule has 0 spiro atoms. The van der Waals surface area contributed by atoms with Crippen molar-refractivity contribution in [1.82, 2.24) is 5.32 Å². The summed E-state index contributed by atoms with van der Waals surface area (Å²) in [7, 11) is 0.